The Morgan fingerprint density at radius 3 is 0.327 bits per heavy atom. The van der Waals surface area contributed by atoms with Gasteiger partial charge in [0.25, 0.3) is 0 Å². The molecule has 0 amide bonds. The normalized spacial score (nSPS) is 15.4. The predicted octanol–water partition coefficient (Wildman–Crippen LogP) is 15.7. The van der Waals surface area contributed by atoms with E-state index in [1.54, 1.807) is 6.08 Å². The van der Waals surface area contributed by atoms with E-state index < -0.39 is 0 Å². The van der Waals surface area contributed by atoms with Crippen LogP contribution in [0.3, 0.4) is 0 Å². The maximum atomic E-state index is 3.63. The second kappa shape index (κ2) is 47.0. The summed E-state index contributed by atoms with van der Waals surface area (Å²) in [5.74, 6) is 0. The van der Waals surface area contributed by atoms with E-state index in [2.05, 4.69) is 6.58 Å². The summed E-state index contributed by atoms with van der Waals surface area (Å²) in [6, 6.07) is 0. The zero-order valence-electron chi connectivity index (χ0n) is 32.3. The second-order valence-electron chi connectivity index (χ2n) is 10.4. The fourth-order valence-electron chi connectivity index (χ4n) is 3.33. The van der Waals surface area contributed by atoms with E-state index in [1.165, 1.54) is 0 Å². The van der Waals surface area contributed by atoms with Crippen molar-refractivity contribution >= 4 is 0 Å². The highest BCUT2D eigenvalue weighted by Crippen LogP contribution is 1.91. The molecule has 278 valence electrons. The van der Waals surface area contributed by atoms with Crippen LogP contribution in [-0.4, -0.2) is 0 Å². The summed E-state index contributed by atoms with van der Waals surface area (Å²) in [7, 11) is 0. The standard InChI is InChI=1S/C55H58/c1-3-5-7-9-11-13-15-17-19-21-23-25-27-29-31-33-35-37-39-41-43-45-47-49-51-53-55-54-52-50-48-46-44-42-40-38-36-34-32-30-28-26-24-22-20-18-16-14-12-10-8-6-4-2/h3-55H,1H2,2H3/b6-4+,7-5+,10-8+,11-9+,14-12+,15-13+,18-16+,19-17+,22-20+,23-21+,26-24+,27-25+,30-28+,31-29+,34-32+,35-33+,38-36+,39-37+,42-40+,43-41+,46-44+,47-45+,50-48+,51-49+,54-52+,55-53+. The van der Waals surface area contributed by atoms with Gasteiger partial charge in [0.1, 0.15) is 0 Å². The van der Waals surface area contributed by atoms with E-state index in [0.717, 1.165) is 0 Å². The highest BCUT2D eigenvalue weighted by atomic mass is 13.8. The summed E-state index contributed by atoms with van der Waals surface area (Å²) in [6.07, 6.45) is 105. The SMILES string of the molecule is C=C/C=C/C=C/C=C/C=C/C=C/C=C/C=C/C=C/C=C/C=C/C=C/C=C/C=C/C=C/C=C/C=C/C=C/C=C/C=C/C=C/C=C/C=C/C=C/C=C/C=C/C=C/C. The summed E-state index contributed by atoms with van der Waals surface area (Å²) >= 11 is 0. The van der Waals surface area contributed by atoms with Crippen LogP contribution < -0.4 is 0 Å². The Kier molecular flexibility index (Phi) is 41.0. The average Bonchev–Trinajstić information content (AvgIpc) is 3.20. The maximum absolute atomic E-state index is 3.63. The maximum Gasteiger partial charge on any atom is -0.0467 e. The quantitative estimate of drug-likeness (QED) is 0.0781. The van der Waals surface area contributed by atoms with E-state index in [-0.39, 0.29) is 0 Å². The molecule has 0 N–H and O–H groups in total. The fourth-order valence-corrected chi connectivity index (χ4v) is 3.33. The third-order valence-electron chi connectivity index (χ3n) is 5.88. The predicted molar refractivity (Wildman–Crippen MR) is 254 cm³/mol. The Labute approximate surface area is 334 Å². The first-order chi connectivity index (χ1) is 27.4. The van der Waals surface area contributed by atoms with Crippen LogP contribution in [-0.2, 0) is 0 Å². The van der Waals surface area contributed by atoms with E-state index >= 15 is 0 Å². The zero-order chi connectivity index (χ0) is 39.5. The molecule has 0 atom stereocenters. The van der Waals surface area contributed by atoms with Crippen LogP contribution in [0, 0.1) is 0 Å². The summed E-state index contributed by atoms with van der Waals surface area (Å²) in [4.78, 5) is 0. The van der Waals surface area contributed by atoms with E-state index in [4.69, 9.17) is 0 Å². The first-order valence-corrected chi connectivity index (χ1v) is 18.3. The van der Waals surface area contributed by atoms with Gasteiger partial charge >= 0.3 is 0 Å². The number of rotatable bonds is 26. The number of allylic oxidation sites excluding steroid dienone is 53. The molecule has 0 spiro atoms. The van der Waals surface area contributed by atoms with Crippen molar-refractivity contribution in [2.45, 2.75) is 6.92 Å². The lowest BCUT2D eigenvalue weighted by molar-refractivity contribution is 1.73. The molecular formula is C55H58. The van der Waals surface area contributed by atoms with Crippen molar-refractivity contribution in [1.29, 1.82) is 0 Å². The summed E-state index contributed by atoms with van der Waals surface area (Å²) < 4.78 is 0. The molecule has 0 saturated carbocycles. The van der Waals surface area contributed by atoms with Gasteiger partial charge < -0.3 is 0 Å². The van der Waals surface area contributed by atoms with Crippen molar-refractivity contribution in [3.8, 4) is 0 Å². The Bertz CT molecular complexity index is 1770. The van der Waals surface area contributed by atoms with Crippen LogP contribution in [0.1, 0.15) is 6.92 Å². The van der Waals surface area contributed by atoms with Crippen LogP contribution >= 0.6 is 0 Å². The second-order valence-corrected chi connectivity index (χ2v) is 10.4. The molecule has 0 aromatic rings. The van der Waals surface area contributed by atoms with Crippen molar-refractivity contribution in [2.24, 2.45) is 0 Å². The van der Waals surface area contributed by atoms with Crippen LogP contribution in [0.15, 0.2) is 329 Å². The molecule has 0 aliphatic rings. The average molecular weight is 719 g/mol. The summed E-state index contributed by atoms with van der Waals surface area (Å²) in [5, 5.41) is 0. The minimum atomic E-state index is 1.75. The van der Waals surface area contributed by atoms with Crippen molar-refractivity contribution < 1.29 is 0 Å². The molecule has 0 rings (SSSR count). The Morgan fingerprint density at radius 1 is 0.145 bits per heavy atom. The van der Waals surface area contributed by atoms with Crippen LogP contribution in [0.2, 0.25) is 0 Å². The Morgan fingerprint density at radius 2 is 0.236 bits per heavy atom. The van der Waals surface area contributed by atoms with Gasteiger partial charge in [-0.3, -0.25) is 0 Å². The number of hydrogen-bond donors (Lipinski definition) is 0. The van der Waals surface area contributed by atoms with E-state index in [9.17, 15) is 0 Å². The van der Waals surface area contributed by atoms with Gasteiger partial charge in [0, 0.05) is 0 Å². The number of hydrogen-bond acceptors (Lipinski definition) is 0. The zero-order valence-corrected chi connectivity index (χ0v) is 32.3. The minimum absolute atomic E-state index is 1.75. The van der Waals surface area contributed by atoms with Crippen molar-refractivity contribution in [2.75, 3.05) is 0 Å². The molecule has 0 fully saturated rings. The van der Waals surface area contributed by atoms with Gasteiger partial charge in [-0.1, -0.05) is 329 Å². The lowest BCUT2D eigenvalue weighted by atomic mass is 10.3. The summed E-state index contributed by atoms with van der Waals surface area (Å²) in [6.45, 7) is 5.63. The molecule has 0 radical (unpaired) electrons. The van der Waals surface area contributed by atoms with Gasteiger partial charge in [-0.2, -0.15) is 0 Å². The summed E-state index contributed by atoms with van der Waals surface area (Å²) in [5.41, 5.74) is 0. The molecule has 55 heavy (non-hydrogen) atoms. The van der Waals surface area contributed by atoms with E-state index in [0.29, 0.717) is 0 Å². The van der Waals surface area contributed by atoms with Gasteiger partial charge in [-0.15, -0.1) is 0 Å². The monoisotopic (exact) mass is 718 g/mol. The lowest BCUT2D eigenvalue weighted by Gasteiger charge is -1.77. The molecule has 0 aromatic carbocycles. The highest BCUT2D eigenvalue weighted by Gasteiger charge is 1.69. The molecule has 0 aliphatic heterocycles. The molecular weight excluding hydrogens is 661 g/mol. The van der Waals surface area contributed by atoms with Crippen LogP contribution in [0.25, 0.3) is 0 Å². The van der Waals surface area contributed by atoms with Crippen molar-refractivity contribution in [3.63, 3.8) is 0 Å². The van der Waals surface area contributed by atoms with E-state index in [1.807, 2.05) is 323 Å². The molecule has 0 heteroatoms. The largest absolute Gasteiger partial charge is 0.0991 e. The minimum Gasteiger partial charge on any atom is -0.0991 e. The Hall–Kier alpha value is -7.02. The molecule has 0 nitrogen and oxygen atoms in total. The van der Waals surface area contributed by atoms with Crippen molar-refractivity contribution in [1.82, 2.24) is 0 Å². The molecule has 0 aromatic heterocycles. The van der Waals surface area contributed by atoms with Crippen LogP contribution in [0.4, 0.5) is 0 Å². The molecule has 0 heterocycles. The third kappa shape index (κ3) is 47.0. The first-order valence-electron chi connectivity index (χ1n) is 18.3. The molecule has 0 aliphatic carbocycles. The smallest absolute Gasteiger partial charge is 0.0467 e. The topological polar surface area (TPSA) is 0 Å². The Balaban J connectivity index is 4.07. The van der Waals surface area contributed by atoms with Crippen molar-refractivity contribution in [3.05, 3.63) is 329 Å². The molecule has 0 unspecified atom stereocenters. The van der Waals surface area contributed by atoms with Gasteiger partial charge in [-0.25, -0.2) is 0 Å². The van der Waals surface area contributed by atoms with Gasteiger partial charge in [0.15, 0.2) is 0 Å². The first kappa shape index (κ1) is 48.0. The van der Waals surface area contributed by atoms with Gasteiger partial charge in [0.05, 0.1) is 0 Å². The van der Waals surface area contributed by atoms with Gasteiger partial charge in [-0.05, 0) is 6.92 Å². The molecule has 0 bridgehead atoms. The highest BCUT2D eigenvalue weighted by molar-refractivity contribution is 5.26. The third-order valence-corrected chi connectivity index (χ3v) is 5.88. The fraction of sp³-hybridized carbons (Fsp3) is 0.0182. The molecule has 0 saturated heterocycles. The van der Waals surface area contributed by atoms with Gasteiger partial charge in [0.2, 0.25) is 0 Å². The lowest BCUT2D eigenvalue weighted by Crippen LogP contribution is -1.55. The van der Waals surface area contributed by atoms with Crippen LogP contribution in [0.5, 0.6) is 0 Å².